The smallest absolute Gasteiger partial charge is 0.256 e. The van der Waals surface area contributed by atoms with Gasteiger partial charge in [-0.2, -0.15) is 15.0 Å². The summed E-state index contributed by atoms with van der Waals surface area (Å²) in [7, 11) is 0. The summed E-state index contributed by atoms with van der Waals surface area (Å²) in [6.45, 7) is 3.83. The van der Waals surface area contributed by atoms with Crippen LogP contribution in [0.15, 0.2) is 48.9 Å². The molecule has 184 valence electrons. The first-order chi connectivity index (χ1) is 17.5. The molecular weight excluding hydrogens is 468 g/mol. The van der Waals surface area contributed by atoms with E-state index in [1.54, 1.807) is 18.6 Å². The molecule has 4 aromatic rings. The molecule has 2 fully saturated rings. The van der Waals surface area contributed by atoms with E-state index in [1.807, 2.05) is 34.9 Å². The Morgan fingerprint density at radius 3 is 2.58 bits per heavy atom. The normalized spacial score (nSPS) is 20.0. The average molecular weight is 492 g/mol. The predicted molar refractivity (Wildman–Crippen MR) is 127 cm³/mol. The summed E-state index contributed by atoms with van der Waals surface area (Å²) in [6.07, 6.45) is 5.36. The number of aryl methyl sites for hydroxylation is 1. The number of amides is 1. The number of anilines is 1. The quantitative estimate of drug-likeness (QED) is 0.435. The van der Waals surface area contributed by atoms with Crippen LogP contribution in [-0.2, 0) is 4.74 Å². The Morgan fingerprint density at radius 1 is 1.03 bits per heavy atom. The molecule has 2 saturated heterocycles. The van der Waals surface area contributed by atoms with Crippen LogP contribution < -0.4 is 4.90 Å². The van der Waals surface area contributed by atoms with E-state index in [0.29, 0.717) is 49.8 Å². The highest BCUT2D eigenvalue weighted by molar-refractivity contribution is 5.98. The van der Waals surface area contributed by atoms with Gasteiger partial charge in [0.25, 0.3) is 5.91 Å². The molecule has 2 aliphatic heterocycles. The summed E-state index contributed by atoms with van der Waals surface area (Å²) in [6, 6.07) is 7.38. The summed E-state index contributed by atoms with van der Waals surface area (Å²) >= 11 is 0. The van der Waals surface area contributed by atoms with Crippen molar-refractivity contribution in [1.82, 2.24) is 29.9 Å². The van der Waals surface area contributed by atoms with Crippen molar-refractivity contribution in [2.75, 3.05) is 31.2 Å². The standard InChI is InChI=1S/C25H23F2N7O2/c1-15-2-3-23(34-29-5-6-30-34)18(8-15)25(35)33-16-4-7-32(12-17(33)14-36-13-16)24-11-28-21-9-19(26)20(27)10-22(21)31-24/h2-3,5-6,8-11,16-17H,4,7,12-14H2,1H3. The molecule has 2 unspecified atom stereocenters. The lowest BCUT2D eigenvalue weighted by Crippen LogP contribution is -2.56. The molecule has 0 aliphatic carbocycles. The van der Waals surface area contributed by atoms with Crippen LogP contribution in [0.5, 0.6) is 0 Å². The second-order valence-corrected chi connectivity index (χ2v) is 9.11. The number of benzene rings is 2. The number of halogens is 2. The van der Waals surface area contributed by atoms with Gasteiger partial charge in [0.15, 0.2) is 11.6 Å². The summed E-state index contributed by atoms with van der Waals surface area (Å²) in [5, 5.41) is 8.44. The maximum Gasteiger partial charge on any atom is 0.256 e. The maximum absolute atomic E-state index is 14.0. The van der Waals surface area contributed by atoms with Crippen LogP contribution in [0, 0.1) is 18.6 Å². The summed E-state index contributed by atoms with van der Waals surface area (Å²) in [5.41, 5.74) is 2.66. The van der Waals surface area contributed by atoms with Crippen molar-refractivity contribution >= 4 is 22.8 Å². The van der Waals surface area contributed by atoms with E-state index < -0.39 is 11.6 Å². The zero-order valence-corrected chi connectivity index (χ0v) is 19.5. The van der Waals surface area contributed by atoms with E-state index in [4.69, 9.17) is 4.74 Å². The Hall–Kier alpha value is -3.99. The minimum atomic E-state index is -0.966. The van der Waals surface area contributed by atoms with Gasteiger partial charge in [-0.25, -0.2) is 13.8 Å². The molecular formula is C25H23F2N7O2. The largest absolute Gasteiger partial charge is 0.377 e. The first-order valence-electron chi connectivity index (χ1n) is 11.7. The Bertz CT molecular complexity index is 1450. The van der Waals surface area contributed by atoms with Crippen LogP contribution in [0.4, 0.5) is 14.6 Å². The van der Waals surface area contributed by atoms with E-state index >= 15 is 0 Å². The number of carbonyl (C=O) groups excluding carboxylic acids is 1. The zero-order chi connectivity index (χ0) is 24.8. The Morgan fingerprint density at radius 2 is 1.78 bits per heavy atom. The first kappa shape index (κ1) is 22.5. The van der Waals surface area contributed by atoms with Crippen molar-refractivity contribution in [3.8, 4) is 5.69 Å². The summed E-state index contributed by atoms with van der Waals surface area (Å²) in [5.74, 6) is -1.48. The average Bonchev–Trinajstić information content (AvgIpc) is 3.38. The number of carbonyl (C=O) groups is 1. The van der Waals surface area contributed by atoms with Crippen molar-refractivity contribution in [2.45, 2.75) is 25.4 Å². The van der Waals surface area contributed by atoms with Gasteiger partial charge in [0.1, 0.15) is 5.82 Å². The van der Waals surface area contributed by atoms with Gasteiger partial charge in [-0.05, 0) is 25.5 Å². The van der Waals surface area contributed by atoms with Gasteiger partial charge in [-0.1, -0.05) is 11.6 Å². The van der Waals surface area contributed by atoms with E-state index in [9.17, 15) is 13.6 Å². The zero-order valence-electron chi connectivity index (χ0n) is 19.5. The lowest BCUT2D eigenvalue weighted by Gasteiger charge is -2.40. The number of nitrogens with zero attached hydrogens (tertiary/aromatic N) is 7. The minimum Gasteiger partial charge on any atom is -0.377 e. The van der Waals surface area contributed by atoms with Crippen molar-refractivity contribution < 1.29 is 18.3 Å². The third-order valence-corrected chi connectivity index (χ3v) is 6.72. The fourth-order valence-electron chi connectivity index (χ4n) is 4.98. The first-order valence-corrected chi connectivity index (χ1v) is 11.7. The molecule has 1 amide bonds. The molecule has 0 N–H and O–H groups in total. The molecule has 0 spiro atoms. The van der Waals surface area contributed by atoms with Crippen LogP contribution in [0.25, 0.3) is 16.7 Å². The van der Waals surface area contributed by atoms with Gasteiger partial charge in [-0.15, -0.1) is 0 Å². The third-order valence-electron chi connectivity index (χ3n) is 6.72. The van der Waals surface area contributed by atoms with E-state index in [1.165, 1.54) is 4.80 Å². The molecule has 2 atom stereocenters. The minimum absolute atomic E-state index is 0.103. The maximum atomic E-state index is 14.0. The van der Waals surface area contributed by atoms with E-state index in [0.717, 1.165) is 17.7 Å². The van der Waals surface area contributed by atoms with Crippen molar-refractivity contribution in [2.24, 2.45) is 0 Å². The Kier molecular flexibility index (Phi) is 5.56. The lowest BCUT2D eigenvalue weighted by molar-refractivity contribution is -0.0293. The van der Waals surface area contributed by atoms with Gasteiger partial charge < -0.3 is 14.5 Å². The lowest BCUT2D eigenvalue weighted by atomic mass is 10.0. The van der Waals surface area contributed by atoms with E-state index in [-0.39, 0.29) is 29.0 Å². The molecule has 9 nitrogen and oxygen atoms in total. The van der Waals surface area contributed by atoms with Crippen LogP contribution in [0.3, 0.4) is 0 Å². The van der Waals surface area contributed by atoms with Gasteiger partial charge in [0.05, 0.1) is 66.2 Å². The number of hydrogen-bond donors (Lipinski definition) is 0. The molecule has 2 aromatic heterocycles. The highest BCUT2D eigenvalue weighted by Crippen LogP contribution is 2.29. The van der Waals surface area contributed by atoms with Crippen molar-refractivity contribution in [3.63, 3.8) is 0 Å². The molecule has 4 heterocycles. The molecule has 11 heteroatoms. The monoisotopic (exact) mass is 491 g/mol. The highest BCUT2D eigenvalue weighted by atomic mass is 19.2. The second kappa shape index (κ2) is 8.90. The predicted octanol–water partition coefficient (Wildman–Crippen LogP) is 2.92. The molecule has 0 saturated carbocycles. The number of ether oxygens (including phenoxy) is 1. The number of hydrogen-bond acceptors (Lipinski definition) is 7. The molecule has 2 aromatic carbocycles. The van der Waals surface area contributed by atoms with Crippen molar-refractivity contribution in [3.05, 3.63) is 71.7 Å². The van der Waals surface area contributed by atoms with Crippen LogP contribution >= 0.6 is 0 Å². The Balaban J connectivity index is 1.33. The van der Waals surface area contributed by atoms with Gasteiger partial charge in [0.2, 0.25) is 0 Å². The Labute approximate surface area is 205 Å². The molecule has 6 rings (SSSR count). The molecule has 2 bridgehead atoms. The number of morpholine rings is 1. The topological polar surface area (TPSA) is 89.3 Å². The third kappa shape index (κ3) is 3.95. The van der Waals surface area contributed by atoms with Gasteiger partial charge >= 0.3 is 0 Å². The van der Waals surface area contributed by atoms with Crippen LogP contribution in [0.1, 0.15) is 22.3 Å². The van der Waals surface area contributed by atoms with E-state index in [2.05, 4.69) is 20.2 Å². The molecule has 0 radical (unpaired) electrons. The van der Waals surface area contributed by atoms with Crippen molar-refractivity contribution in [1.29, 1.82) is 0 Å². The summed E-state index contributed by atoms with van der Waals surface area (Å²) < 4.78 is 33.3. The SMILES string of the molecule is Cc1ccc(-n2nccn2)c(C(=O)N2C3CCN(c4cnc5cc(F)c(F)cc5n4)CC2COC3)c1. The van der Waals surface area contributed by atoms with Crippen LogP contribution in [-0.4, -0.2) is 74.2 Å². The second-order valence-electron chi connectivity index (χ2n) is 9.11. The highest BCUT2D eigenvalue weighted by Gasteiger charge is 2.40. The number of rotatable bonds is 3. The number of fused-ring (bicyclic) bond motifs is 3. The molecule has 36 heavy (non-hydrogen) atoms. The fraction of sp³-hybridized carbons (Fsp3) is 0.320. The number of aromatic nitrogens is 5. The molecule has 2 aliphatic rings. The van der Waals surface area contributed by atoms with Gasteiger partial charge in [0, 0.05) is 25.2 Å². The van der Waals surface area contributed by atoms with Gasteiger partial charge in [-0.3, -0.25) is 9.78 Å². The summed E-state index contributed by atoms with van der Waals surface area (Å²) in [4.78, 5) is 28.2. The fourth-order valence-corrected chi connectivity index (χ4v) is 4.98. The van der Waals surface area contributed by atoms with Crippen LogP contribution in [0.2, 0.25) is 0 Å².